The van der Waals surface area contributed by atoms with Gasteiger partial charge in [0.1, 0.15) is 18.1 Å². The van der Waals surface area contributed by atoms with Crippen molar-refractivity contribution in [1.82, 2.24) is 10.0 Å². The highest BCUT2D eigenvalue weighted by Crippen LogP contribution is 2.22. The summed E-state index contributed by atoms with van der Waals surface area (Å²) in [5.41, 5.74) is 2.43. The summed E-state index contributed by atoms with van der Waals surface area (Å²) in [6, 6.07) is 9.80. The third-order valence-corrected chi connectivity index (χ3v) is 5.75. The molecule has 29 heavy (non-hydrogen) atoms. The highest BCUT2D eigenvalue weighted by atomic mass is 32.2. The Bertz CT molecular complexity index is 971. The first-order chi connectivity index (χ1) is 13.6. The van der Waals surface area contributed by atoms with Gasteiger partial charge in [-0.15, -0.1) is 0 Å². The van der Waals surface area contributed by atoms with Crippen molar-refractivity contribution in [3.05, 3.63) is 53.1 Å². The molecule has 0 aliphatic rings. The summed E-state index contributed by atoms with van der Waals surface area (Å²) in [5.74, 6) is 0.594. The summed E-state index contributed by atoms with van der Waals surface area (Å²) in [4.78, 5) is 12.3. The van der Waals surface area contributed by atoms with Gasteiger partial charge >= 0.3 is 0 Å². The van der Waals surface area contributed by atoms with E-state index in [0.717, 1.165) is 11.1 Å². The molecule has 0 saturated carbocycles. The molecule has 1 amide bonds. The molecule has 2 rings (SSSR count). The second kappa shape index (κ2) is 9.76. The number of hydrogen-bond acceptors (Lipinski definition) is 5. The van der Waals surface area contributed by atoms with Crippen LogP contribution in [0, 0.1) is 13.8 Å². The van der Waals surface area contributed by atoms with Gasteiger partial charge in [0.25, 0.3) is 5.91 Å². The maximum Gasteiger partial charge on any atom is 0.255 e. The number of amides is 1. The van der Waals surface area contributed by atoms with Crippen LogP contribution < -0.4 is 19.5 Å². The molecule has 158 valence electrons. The van der Waals surface area contributed by atoms with Crippen LogP contribution in [0.3, 0.4) is 0 Å². The van der Waals surface area contributed by atoms with Crippen LogP contribution in [0.25, 0.3) is 0 Å². The summed E-state index contributed by atoms with van der Waals surface area (Å²) in [6.45, 7) is 7.91. The van der Waals surface area contributed by atoms with Gasteiger partial charge in [0.2, 0.25) is 10.0 Å². The van der Waals surface area contributed by atoms with E-state index in [2.05, 4.69) is 10.0 Å². The molecule has 0 spiro atoms. The van der Waals surface area contributed by atoms with Crippen LogP contribution in [0.15, 0.2) is 41.3 Å². The Kier molecular flexibility index (Phi) is 7.64. The van der Waals surface area contributed by atoms with Gasteiger partial charge in [0.15, 0.2) is 0 Å². The number of hydrogen-bond donors (Lipinski definition) is 2. The molecule has 0 heterocycles. The summed E-state index contributed by atoms with van der Waals surface area (Å²) in [7, 11) is -2.38. The molecule has 7 nitrogen and oxygen atoms in total. The van der Waals surface area contributed by atoms with Crippen LogP contribution in [0.2, 0.25) is 0 Å². The van der Waals surface area contributed by atoms with E-state index in [-0.39, 0.29) is 29.7 Å². The molecule has 0 atom stereocenters. The number of rotatable bonds is 9. The van der Waals surface area contributed by atoms with Crippen molar-refractivity contribution >= 4 is 15.9 Å². The lowest BCUT2D eigenvalue weighted by Crippen LogP contribution is -2.31. The van der Waals surface area contributed by atoms with Gasteiger partial charge in [-0.05, 0) is 69.2 Å². The summed E-state index contributed by atoms with van der Waals surface area (Å²) in [6.07, 6.45) is 0. The number of methoxy groups -OCH3 is 1. The fourth-order valence-corrected chi connectivity index (χ4v) is 3.64. The number of carbonyl (C=O) groups excluding carboxylic acids is 1. The van der Waals surface area contributed by atoms with E-state index in [1.807, 2.05) is 45.9 Å². The smallest absolute Gasteiger partial charge is 0.255 e. The molecule has 2 N–H and O–H groups in total. The summed E-state index contributed by atoms with van der Waals surface area (Å²) in [5, 5.41) is 2.74. The first-order valence-electron chi connectivity index (χ1n) is 9.32. The third kappa shape index (κ3) is 6.20. The van der Waals surface area contributed by atoms with Crippen LogP contribution in [-0.4, -0.2) is 40.6 Å². The van der Waals surface area contributed by atoms with E-state index in [1.165, 1.54) is 25.3 Å². The van der Waals surface area contributed by atoms with Crippen molar-refractivity contribution in [2.45, 2.75) is 38.6 Å². The van der Waals surface area contributed by atoms with Crippen molar-refractivity contribution in [3.63, 3.8) is 0 Å². The molecule has 0 fully saturated rings. The molecule has 8 heteroatoms. The van der Waals surface area contributed by atoms with Crippen LogP contribution in [-0.2, 0) is 10.0 Å². The standard InChI is InChI=1S/C21H28N2O5S/c1-14(2)23-21(24)19-13-18(8-9-20(19)27-5)29(25,26)22-10-11-28-17-7-6-15(3)16(4)12-17/h6-9,12-14,22H,10-11H2,1-5H3,(H,23,24). The van der Waals surface area contributed by atoms with Crippen molar-refractivity contribution in [2.24, 2.45) is 0 Å². The van der Waals surface area contributed by atoms with E-state index in [4.69, 9.17) is 9.47 Å². The van der Waals surface area contributed by atoms with Gasteiger partial charge in [-0.2, -0.15) is 0 Å². The number of aryl methyl sites for hydroxylation is 2. The molecule has 0 unspecified atom stereocenters. The maximum atomic E-state index is 12.6. The normalized spacial score (nSPS) is 11.4. The molecule has 2 aromatic rings. The van der Waals surface area contributed by atoms with Crippen LogP contribution in [0.4, 0.5) is 0 Å². The van der Waals surface area contributed by atoms with Crippen LogP contribution in [0.1, 0.15) is 35.3 Å². The zero-order chi connectivity index (χ0) is 21.6. The van der Waals surface area contributed by atoms with Crippen molar-refractivity contribution in [2.75, 3.05) is 20.3 Å². The molecular formula is C21H28N2O5S. The SMILES string of the molecule is COc1ccc(S(=O)(=O)NCCOc2ccc(C)c(C)c2)cc1C(=O)NC(C)C. The van der Waals surface area contributed by atoms with Gasteiger partial charge in [-0.25, -0.2) is 13.1 Å². The highest BCUT2D eigenvalue weighted by Gasteiger charge is 2.20. The average molecular weight is 421 g/mol. The predicted molar refractivity (Wildman–Crippen MR) is 112 cm³/mol. The fourth-order valence-electron chi connectivity index (χ4n) is 2.60. The summed E-state index contributed by atoms with van der Waals surface area (Å²) >= 11 is 0. The number of ether oxygens (including phenoxy) is 2. The minimum Gasteiger partial charge on any atom is -0.496 e. The first kappa shape index (κ1) is 22.7. The van der Waals surface area contributed by atoms with Gasteiger partial charge in [-0.3, -0.25) is 4.79 Å². The van der Waals surface area contributed by atoms with Gasteiger partial charge in [0.05, 0.1) is 17.6 Å². The number of benzene rings is 2. The molecular weight excluding hydrogens is 392 g/mol. The van der Waals surface area contributed by atoms with E-state index < -0.39 is 15.9 Å². The number of nitrogens with one attached hydrogen (secondary N) is 2. The number of carbonyl (C=O) groups is 1. The quantitative estimate of drug-likeness (QED) is 0.609. The van der Waals surface area contributed by atoms with Gasteiger partial charge < -0.3 is 14.8 Å². The van der Waals surface area contributed by atoms with Crippen molar-refractivity contribution in [1.29, 1.82) is 0 Å². The van der Waals surface area contributed by atoms with E-state index in [0.29, 0.717) is 11.5 Å². The second-order valence-corrected chi connectivity index (χ2v) is 8.75. The van der Waals surface area contributed by atoms with E-state index in [9.17, 15) is 13.2 Å². The van der Waals surface area contributed by atoms with E-state index >= 15 is 0 Å². The maximum absolute atomic E-state index is 12.6. The Hall–Kier alpha value is -2.58. The minimum atomic E-state index is -3.80. The first-order valence-corrected chi connectivity index (χ1v) is 10.8. The lowest BCUT2D eigenvalue weighted by atomic mass is 10.1. The molecule has 0 bridgehead atoms. The molecule has 0 aliphatic heterocycles. The lowest BCUT2D eigenvalue weighted by Gasteiger charge is -2.14. The van der Waals surface area contributed by atoms with Crippen LogP contribution in [0.5, 0.6) is 11.5 Å². The Labute approximate surface area is 172 Å². The zero-order valence-corrected chi connectivity index (χ0v) is 18.2. The molecule has 2 aromatic carbocycles. The number of sulfonamides is 1. The molecule has 0 radical (unpaired) electrons. The fraction of sp³-hybridized carbons (Fsp3) is 0.381. The molecule has 0 aliphatic carbocycles. The zero-order valence-electron chi connectivity index (χ0n) is 17.4. The summed E-state index contributed by atoms with van der Waals surface area (Å²) < 4.78 is 38.5. The molecule has 0 saturated heterocycles. The topological polar surface area (TPSA) is 93.7 Å². The largest absolute Gasteiger partial charge is 0.496 e. The monoisotopic (exact) mass is 420 g/mol. The van der Waals surface area contributed by atoms with Gasteiger partial charge in [-0.1, -0.05) is 6.07 Å². The Morgan fingerprint density at radius 3 is 2.41 bits per heavy atom. The van der Waals surface area contributed by atoms with Crippen molar-refractivity contribution in [3.8, 4) is 11.5 Å². The second-order valence-electron chi connectivity index (χ2n) is 6.98. The Morgan fingerprint density at radius 1 is 1.07 bits per heavy atom. The predicted octanol–water partition coefficient (Wildman–Crippen LogP) is 2.81. The third-order valence-electron chi connectivity index (χ3n) is 4.29. The molecule has 0 aromatic heterocycles. The lowest BCUT2D eigenvalue weighted by molar-refractivity contribution is 0.0940. The van der Waals surface area contributed by atoms with E-state index in [1.54, 1.807) is 0 Å². The Balaban J connectivity index is 2.06. The van der Waals surface area contributed by atoms with Gasteiger partial charge in [0, 0.05) is 12.6 Å². The van der Waals surface area contributed by atoms with Crippen molar-refractivity contribution < 1.29 is 22.7 Å². The average Bonchev–Trinajstić information content (AvgIpc) is 2.66. The Morgan fingerprint density at radius 2 is 1.79 bits per heavy atom. The van der Waals surface area contributed by atoms with Crippen LogP contribution >= 0.6 is 0 Å². The highest BCUT2D eigenvalue weighted by molar-refractivity contribution is 7.89. The minimum absolute atomic E-state index is 0.0154.